The normalized spacial score (nSPS) is 10.1. The van der Waals surface area contributed by atoms with E-state index in [2.05, 4.69) is 4.98 Å². The largest absolute Gasteiger partial charge is 0.466 e. The third-order valence-electron chi connectivity index (χ3n) is 2.15. The lowest BCUT2D eigenvalue weighted by molar-refractivity contribution is -0.143. The summed E-state index contributed by atoms with van der Waals surface area (Å²) in [5, 5.41) is 0. The highest BCUT2D eigenvalue weighted by atomic mass is 16.5. The first-order valence-corrected chi connectivity index (χ1v) is 5.37. The van der Waals surface area contributed by atoms with Crippen molar-refractivity contribution in [3.8, 4) is 0 Å². The predicted molar refractivity (Wildman–Crippen MR) is 57.9 cm³/mol. The van der Waals surface area contributed by atoms with Crippen molar-refractivity contribution in [3.05, 3.63) is 18.2 Å². The first kappa shape index (κ1) is 12.4. The Balaban J connectivity index is 2.43. The lowest BCUT2D eigenvalue weighted by Gasteiger charge is -2.06. The highest BCUT2D eigenvalue weighted by molar-refractivity contribution is 5.69. The van der Waals surface area contributed by atoms with E-state index in [4.69, 9.17) is 4.74 Å². The number of aldehydes is 1. The molecule has 0 unspecified atom stereocenters. The SMILES string of the molecule is CCOC(=O)CCn1ccnc1CCC=O. The Morgan fingerprint density at radius 3 is 3.12 bits per heavy atom. The third kappa shape index (κ3) is 3.84. The fourth-order valence-electron chi connectivity index (χ4n) is 1.40. The number of hydrogen-bond donors (Lipinski definition) is 0. The molecule has 1 heterocycles. The summed E-state index contributed by atoms with van der Waals surface area (Å²) in [4.78, 5) is 25.5. The van der Waals surface area contributed by atoms with Gasteiger partial charge in [-0.25, -0.2) is 4.98 Å². The number of aryl methyl sites for hydroxylation is 2. The van der Waals surface area contributed by atoms with Crippen molar-refractivity contribution < 1.29 is 14.3 Å². The topological polar surface area (TPSA) is 61.2 Å². The Kier molecular flexibility index (Phi) is 5.25. The van der Waals surface area contributed by atoms with E-state index >= 15 is 0 Å². The van der Waals surface area contributed by atoms with Crippen molar-refractivity contribution in [2.24, 2.45) is 0 Å². The Labute approximate surface area is 94.4 Å². The van der Waals surface area contributed by atoms with Gasteiger partial charge < -0.3 is 14.1 Å². The molecule has 5 heteroatoms. The number of carbonyl (C=O) groups is 2. The first-order chi connectivity index (χ1) is 7.77. The average Bonchev–Trinajstić information content (AvgIpc) is 2.71. The molecule has 16 heavy (non-hydrogen) atoms. The molecule has 0 saturated heterocycles. The summed E-state index contributed by atoms with van der Waals surface area (Å²) in [6.07, 6.45) is 5.74. The van der Waals surface area contributed by atoms with Crippen LogP contribution >= 0.6 is 0 Å². The molecular formula is C11H16N2O3. The standard InChI is InChI=1S/C11H16N2O3/c1-2-16-11(15)5-7-13-8-6-12-10(13)4-3-9-14/h6,8-9H,2-5,7H2,1H3. The molecule has 0 fully saturated rings. The number of imidazole rings is 1. The van der Waals surface area contributed by atoms with Gasteiger partial charge in [0.2, 0.25) is 0 Å². The Morgan fingerprint density at radius 2 is 2.44 bits per heavy atom. The van der Waals surface area contributed by atoms with Crippen molar-refractivity contribution in [3.63, 3.8) is 0 Å². The van der Waals surface area contributed by atoms with E-state index in [0.29, 0.717) is 32.4 Å². The molecular weight excluding hydrogens is 208 g/mol. The van der Waals surface area contributed by atoms with Crippen LogP contribution < -0.4 is 0 Å². The molecule has 0 N–H and O–H groups in total. The van der Waals surface area contributed by atoms with Crippen molar-refractivity contribution in [1.29, 1.82) is 0 Å². The van der Waals surface area contributed by atoms with Crippen molar-refractivity contribution in [2.45, 2.75) is 32.7 Å². The van der Waals surface area contributed by atoms with Gasteiger partial charge in [0.1, 0.15) is 12.1 Å². The van der Waals surface area contributed by atoms with Gasteiger partial charge in [0, 0.05) is 31.8 Å². The van der Waals surface area contributed by atoms with Gasteiger partial charge in [-0.1, -0.05) is 0 Å². The minimum absolute atomic E-state index is 0.211. The molecule has 0 amide bonds. The first-order valence-electron chi connectivity index (χ1n) is 5.37. The van der Waals surface area contributed by atoms with E-state index in [9.17, 15) is 9.59 Å². The summed E-state index contributed by atoms with van der Waals surface area (Å²) >= 11 is 0. The maximum atomic E-state index is 11.2. The molecule has 1 aromatic rings. The van der Waals surface area contributed by atoms with Crippen LogP contribution in [0.5, 0.6) is 0 Å². The van der Waals surface area contributed by atoms with Crippen molar-refractivity contribution in [1.82, 2.24) is 9.55 Å². The second kappa shape index (κ2) is 6.76. The molecule has 88 valence electrons. The fourth-order valence-corrected chi connectivity index (χ4v) is 1.40. The average molecular weight is 224 g/mol. The molecule has 1 aromatic heterocycles. The van der Waals surface area contributed by atoms with Crippen LogP contribution in [0, 0.1) is 0 Å². The maximum absolute atomic E-state index is 11.2. The monoisotopic (exact) mass is 224 g/mol. The number of carbonyl (C=O) groups excluding carboxylic acids is 2. The molecule has 0 bridgehead atoms. The van der Waals surface area contributed by atoms with Crippen LogP contribution in [-0.2, 0) is 27.3 Å². The summed E-state index contributed by atoms with van der Waals surface area (Å²) in [5.41, 5.74) is 0. The minimum atomic E-state index is -0.211. The van der Waals surface area contributed by atoms with Crippen LogP contribution in [0.15, 0.2) is 12.4 Å². The molecule has 0 aliphatic rings. The summed E-state index contributed by atoms with van der Waals surface area (Å²) in [6, 6.07) is 0. The van der Waals surface area contributed by atoms with Gasteiger partial charge in [0.15, 0.2) is 0 Å². The van der Waals surface area contributed by atoms with E-state index in [1.54, 1.807) is 19.3 Å². The molecule has 0 aliphatic carbocycles. The highest BCUT2D eigenvalue weighted by Crippen LogP contribution is 2.02. The zero-order chi connectivity index (χ0) is 11.8. The van der Waals surface area contributed by atoms with Crippen molar-refractivity contribution in [2.75, 3.05) is 6.61 Å². The Morgan fingerprint density at radius 1 is 1.62 bits per heavy atom. The van der Waals surface area contributed by atoms with E-state index in [1.165, 1.54) is 0 Å². The lowest BCUT2D eigenvalue weighted by atomic mass is 10.3. The quantitative estimate of drug-likeness (QED) is 0.511. The van der Waals surface area contributed by atoms with E-state index < -0.39 is 0 Å². The van der Waals surface area contributed by atoms with Crippen LogP contribution in [0.1, 0.15) is 25.6 Å². The zero-order valence-electron chi connectivity index (χ0n) is 9.39. The number of nitrogens with zero attached hydrogens (tertiary/aromatic N) is 2. The van der Waals surface area contributed by atoms with Gasteiger partial charge in [0.25, 0.3) is 0 Å². The van der Waals surface area contributed by atoms with E-state index in [-0.39, 0.29) is 5.97 Å². The second-order valence-corrected chi connectivity index (χ2v) is 3.30. The molecule has 0 spiro atoms. The predicted octanol–water partition coefficient (Wildman–Crippen LogP) is 0.968. The van der Waals surface area contributed by atoms with Gasteiger partial charge in [-0.2, -0.15) is 0 Å². The second-order valence-electron chi connectivity index (χ2n) is 3.30. The van der Waals surface area contributed by atoms with Crippen LogP contribution in [-0.4, -0.2) is 28.4 Å². The van der Waals surface area contributed by atoms with Crippen molar-refractivity contribution >= 4 is 12.3 Å². The smallest absolute Gasteiger partial charge is 0.307 e. The number of ether oxygens (including phenoxy) is 1. The van der Waals surface area contributed by atoms with Gasteiger partial charge in [-0.3, -0.25) is 4.79 Å². The number of hydrogen-bond acceptors (Lipinski definition) is 4. The third-order valence-corrected chi connectivity index (χ3v) is 2.15. The zero-order valence-corrected chi connectivity index (χ0v) is 9.39. The minimum Gasteiger partial charge on any atom is -0.466 e. The fraction of sp³-hybridized carbons (Fsp3) is 0.545. The van der Waals surface area contributed by atoms with Crippen LogP contribution in [0.4, 0.5) is 0 Å². The van der Waals surface area contributed by atoms with Gasteiger partial charge >= 0.3 is 5.97 Å². The summed E-state index contributed by atoms with van der Waals surface area (Å²) in [5.74, 6) is 0.619. The van der Waals surface area contributed by atoms with Crippen LogP contribution in [0.3, 0.4) is 0 Å². The van der Waals surface area contributed by atoms with E-state index in [1.807, 2.05) is 4.57 Å². The number of rotatable bonds is 7. The summed E-state index contributed by atoms with van der Waals surface area (Å²) in [6.45, 7) is 2.73. The molecule has 1 rings (SSSR count). The molecule has 0 radical (unpaired) electrons. The van der Waals surface area contributed by atoms with Gasteiger partial charge in [-0.15, -0.1) is 0 Å². The Bertz CT molecular complexity index is 347. The van der Waals surface area contributed by atoms with Crippen LogP contribution in [0.25, 0.3) is 0 Å². The summed E-state index contributed by atoms with van der Waals surface area (Å²) < 4.78 is 6.71. The number of aromatic nitrogens is 2. The molecule has 0 atom stereocenters. The summed E-state index contributed by atoms with van der Waals surface area (Å²) in [7, 11) is 0. The molecule has 5 nitrogen and oxygen atoms in total. The lowest BCUT2D eigenvalue weighted by Crippen LogP contribution is -2.10. The van der Waals surface area contributed by atoms with Crippen LogP contribution in [0.2, 0.25) is 0 Å². The number of esters is 1. The molecule has 0 saturated carbocycles. The van der Waals surface area contributed by atoms with Gasteiger partial charge in [-0.05, 0) is 6.92 Å². The highest BCUT2D eigenvalue weighted by Gasteiger charge is 2.05. The van der Waals surface area contributed by atoms with Gasteiger partial charge in [0.05, 0.1) is 13.0 Å². The molecule has 0 aliphatic heterocycles. The Hall–Kier alpha value is -1.65. The maximum Gasteiger partial charge on any atom is 0.307 e. The molecule has 0 aromatic carbocycles. The van der Waals surface area contributed by atoms with E-state index in [0.717, 1.165) is 12.1 Å².